The number of hydrogen-bond donors (Lipinski definition) is 3. The van der Waals surface area contributed by atoms with Gasteiger partial charge < -0.3 is 15.9 Å². The van der Waals surface area contributed by atoms with E-state index in [2.05, 4.69) is 30.9 Å². The van der Waals surface area contributed by atoms with Crippen LogP contribution in [0.3, 0.4) is 0 Å². The highest BCUT2D eigenvalue weighted by atomic mass is 16.3. The molecule has 1 saturated carbocycles. The van der Waals surface area contributed by atoms with E-state index < -0.39 is 5.54 Å². The SMILES string of the molecule is C=Cc1ccc(C2CCC(N)(C(O)=CO)C2)cc1/C=C\C.CC. The van der Waals surface area contributed by atoms with E-state index >= 15 is 0 Å². The van der Waals surface area contributed by atoms with Gasteiger partial charge in [0, 0.05) is 0 Å². The number of benzene rings is 1. The Kier molecular flexibility index (Phi) is 7.11. The lowest BCUT2D eigenvalue weighted by Gasteiger charge is -2.22. The molecule has 0 amide bonds. The molecule has 0 aliphatic heterocycles. The standard InChI is InChI=1S/C18H23NO2.C2H6/c1-3-5-14-10-15(7-6-13(14)4-2)16-8-9-18(19,11-16)17(21)12-20;1-2/h3-7,10,12,16,20-21H,2,8-9,11,19H2,1H3;1-2H3/b5-3-,17-12?;. The molecule has 1 aliphatic carbocycles. The van der Waals surface area contributed by atoms with Crippen LogP contribution in [-0.2, 0) is 0 Å². The summed E-state index contributed by atoms with van der Waals surface area (Å²) in [5.74, 6) is 0.168. The van der Waals surface area contributed by atoms with Crippen LogP contribution < -0.4 is 5.73 Å². The molecule has 2 atom stereocenters. The highest BCUT2D eigenvalue weighted by Crippen LogP contribution is 2.42. The average molecular weight is 315 g/mol. The summed E-state index contributed by atoms with van der Waals surface area (Å²) >= 11 is 0. The van der Waals surface area contributed by atoms with E-state index in [4.69, 9.17) is 10.8 Å². The molecule has 3 heteroatoms. The fraction of sp³-hybridized carbons (Fsp3) is 0.400. The van der Waals surface area contributed by atoms with Crippen LogP contribution in [0.15, 0.2) is 42.9 Å². The van der Waals surface area contributed by atoms with Crippen molar-refractivity contribution in [3.05, 3.63) is 59.6 Å². The number of aliphatic hydroxyl groups excluding tert-OH is 2. The summed E-state index contributed by atoms with van der Waals surface area (Å²) < 4.78 is 0. The van der Waals surface area contributed by atoms with Crippen LogP contribution in [0.5, 0.6) is 0 Å². The second-order valence-corrected chi connectivity index (χ2v) is 5.70. The third-order valence-electron chi connectivity index (χ3n) is 4.33. The molecular weight excluding hydrogens is 286 g/mol. The van der Waals surface area contributed by atoms with E-state index in [0.717, 1.165) is 17.5 Å². The predicted octanol–water partition coefficient (Wildman–Crippen LogP) is 5.31. The molecule has 0 heterocycles. The first kappa shape index (κ1) is 19.0. The van der Waals surface area contributed by atoms with Gasteiger partial charge in [0.1, 0.15) is 12.0 Å². The molecule has 0 saturated heterocycles. The number of nitrogens with two attached hydrogens (primary N) is 1. The van der Waals surface area contributed by atoms with Crippen molar-refractivity contribution in [3.63, 3.8) is 0 Å². The van der Waals surface area contributed by atoms with Gasteiger partial charge >= 0.3 is 0 Å². The lowest BCUT2D eigenvalue weighted by atomic mass is 9.90. The van der Waals surface area contributed by atoms with Crippen LogP contribution in [0.1, 0.15) is 62.6 Å². The first-order valence-corrected chi connectivity index (χ1v) is 8.26. The summed E-state index contributed by atoms with van der Waals surface area (Å²) in [5, 5.41) is 18.8. The van der Waals surface area contributed by atoms with Crippen molar-refractivity contribution in [1.82, 2.24) is 0 Å². The van der Waals surface area contributed by atoms with E-state index in [9.17, 15) is 5.11 Å². The Morgan fingerprint density at radius 3 is 2.61 bits per heavy atom. The monoisotopic (exact) mass is 315 g/mol. The molecular formula is C20H29NO2. The summed E-state index contributed by atoms with van der Waals surface area (Å²) in [6.45, 7) is 9.83. The molecule has 3 nitrogen and oxygen atoms in total. The Labute approximate surface area is 139 Å². The number of rotatable bonds is 4. The Morgan fingerprint density at radius 1 is 1.35 bits per heavy atom. The number of hydrogen-bond acceptors (Lipinski definition) is 3. The summed E-state index contributed by atoms with van der Waals surface area (Å²) in [6.07, 6.45) is 8.85. The first-order chi connectivity index (χ1) is 11.0. The molecule has 1 aromatic rings. The fourth-order valence-corrected chi connectivity index (χ4v) is 3.08. The second kappa shape index (κ2) is 8.59. The minimum absolute atomic E-state index is 0.124. The van der Waals surface area contributed by atoms with Gasteiger partial charge in [-0.05, 0) is 48.8 Å². The molecule has 2 unspecified atom stereocenters. The summed E-state index contributed by atoms with van der Waals surface area (Å²) in [5.41, 5.74) is 8.84. The normalized spacial score (nSPS) is 24.3. The molecule has 1 aliphatic rings. The van der Waals surface area contributed by atoms with Crippen molar-refractivity contribution in [1.29, 1.82) is 0 Å². The molecule has 1 fully saturated rings. The molecule has 2 rings (SSSR count). The van der Waals surface area contributed by atoms with Gasteiger partial charge in [0.15, 0.2) is 0 Å². The van der Waals surface area contributed by atoms with Crippen molar-refractivity contribution in [2.24, 2.45) is 5.73 Å². The maximum atomic E-state index is 9.76. The van der Waals surface area contributed by atoms with Gasteiger partial charge in [-0.3, -0.25) is 0 Å². The van der Waals surface area contributed by atoms with Gasteiger partial charge in [0.05, 0.1) is 5.54 Å². The molecule has 0 spiro atoms. The zero-order chi connectivity index (χ0) is 17.5. The van der Waals surface area contributed by atoms with Crippen LogP contribution in [0.25, 0.3) is 12.2 Å². The lowest BCUT2D eigenvalue weighted by Crippen LogP contribution is -2.39. The fourth-order valence-electron chi connectivity index (χ4n) is 3.08. The van der Waals surface area contributed by atoms with Crippen molar-refractivity contribution >= 4 is 12.2 Å². The average Bonchev–Trinajstić information content (AvgIpc) is 3.00. The number of aliphatic hydroxyl groups is 2. The Balaban J connectivity index is 0.00000127. The van der Waals surface area contributed by atoms with Gasteiger partial charge in [-0.15, -0.1) is 0 Å². The Bertz CT molecular complexity index is 589. The van der Waals surface area contributed by atoms with E-state index in [0.29, 0.717) is 25.0 Å². The summed E-state index contributed by atoms with van der Waals surface area (Å²) in [4.78, 5) is 0. The molecule has 0 radical (unpaired) electrons. The van der Waals surface area contributed by atoms with Crippen molar-refractivity contribution < 1.29 is 10.2 Å². The first-order valence-electron chi connectivity index (χ1n) is 8.26. The van der Waals surface area contributed by atoms with Crippen molar-refractivity contribution in [2.75, 3.05) is 0 Å². The minimum Gasteiger partial charge on any atom is -0.512 e. The molecule has 23 heavy (non-hydrogen) atoms. The van der Waals surface area contributed by atoms with E-state index in [1.165, 1.54) is 5.56 Å². The van der Waals surface area contributed by atoms with E-state index in [-0.39, 0.29) is 5.76 Å². The van der Waals surface area contributed by atoms with E-state index in [1.807, 2.05) is 32.9 Å². The third-order valence-corrected chi connectivity index (χ3v) is 4.33. The quantitative estimate of drug-likeness (QED) is 0.659. The van der Waals surface area contributed by atoms with Crippen molar-refractivity contribution in [2.45, 2.75) is 51.5 Å². The summed E-state index contributed by atoms with van der Waals surface area (Å²) in [7, 11) is 0. The maximum absolute atomic E-state index is 9.76. The molecule has 0 bridgehead atoms. The van der Waals surface area contributed by atoms with Gasteiger partial charge in [0.2, 0.25) is 0 Å². The second-order valence-electron chi connectivity index (χ2n) is 5.70. The predicted molar refractivity (Wildman–Crippen MR) is 99.4 cm³/mol. The van der Waals surface area contributed by atoms with Crippen LogP contribution in [0, 0.1) is 0 Å². The number of allylic oxidation sites excluding steroid dienone is 1. The Morgan fingerprint density at radius 2 is 2.04 bits per heavy atom. The Hall–Kier alpha value is -2.00. The van der Waals surface area contributed by atoms with Crippen LogP contribution in [0.2, 0.25) is 0 Å². The molecule has 126 valence electrons. The molecule has 0 aromatic heterocycles. The maximum Gasteiger partial charge on any atom is 0.146 e. The van der Waals surface area contributed by atoms with Gasteiger partial charge in [-0.1, -0.05) is 56.9 Å². The molecule has 1 aromatic carbocycles. The van der Waals surface area contributed by atoms with E-state index in [1.54, 1.807) is 0 Å². The topological polar surface area (TPSA) is 66.5 Å². The van der Waals surface area contributed by atoms with Gasteiger partial charge in [-0.25, -0.2) is 0 Å². The van der Waals surface area contributed by atoms with Crippen LogP contribution in [0.4, 0.5) is 0 Å². The highest BCUT2D eigenvalue weighted by Gasteiger charge is 2.40. The lowest BCUT2D eigenvalue weighted by molar-refractivity contribution is 0.269. The highest BCUT2D eigenvalue weighted by molar-refractivity contribution is 5.65. The van der Waals surface area contributed by atoms with Gasteiger partial charge in [-0.2, -0.15) is 0 Å². The minimum atomic E-state index is -0.808. The third kappa shape index (κ3) is 4.26. The zero-order valence-electron chi connectivity index (χ0n) is 14.4. The largest absolute Gasteiger partial charge is 0.512 e. The summed E-state index contributed by atoms with van der Waals surface area (Å²) in [6, 6.07) is 6.32. The van der Waals surface area contributed by atoms with Crippen LogP contribution >= 0.6 is 0 Å². The van der Waals surface area contributed by atoms with Crippen molar-refractivity contribution in [3.8, 4) is 0 Å². The zero-order valence-corrected chi connectivity index (χ0v) is 14.4. The van der Waals surface area contributed by atoms with Crippen LogP contribution in [-0.4, -0.2) is 15.8 Å². The van der Waals surface area contributed by atoms with Gasteiger partial charge in [0.25, 0.3) is 0 Å². The molecule has 4 N–H and O–H groups in total. The smallest absolute Gasteiger partial charge is 0.146 e.